The summed E-state index contributed by atoms with van der Waals surface area (Å²) in [6.07, 6.45) is 0.566. The van der Waals surface area contributed by atoms with Crippen molar-refractivity contribution in [1.29, 1.82) is 0 Å². The number of sulfonamides is 1. The molecular formula is C23H28N4O4S. The predicted molar refractivity (Wildman–Crippen MR) is 123 cm³/mol. The van der Waals surface area contributed by atoms with Gasteiger partial charge in [-0.15, -0.1) is 0 Å². The molecule has 1 saturated heterocycles. The summed E-state index contributed by atoms with van der Waals surface area (Å²) in [5.74, 6) is 0.140. The highest BCUT2D eigenvalue weighted by atomic mass is 32.2. The van der Waals surface area contributed by atoms with Crippen LogP contribution in [0.1, 0.15) is 37.6 Å². The van der Waals surface area contributed by atoms with E-state index >= 15 is 0 Å². The Balaban J connectivity index is 1.54. The molecule has 0 bridgehead atoms. The quantitative estimate of drug-likeness (QED) is 0.613. The van der Waals surface area contributed by atoms with E-state index in [0.29, 0.717) is 24.6 Å². The number of imidazole rings is 1. The van der Waals surface area contributed by atoms with Crippen LogP contribution in [-0.2, 0) is 21.3 Å². The van der Waals surface area contributed by atoms with Gasteiger partial charge in [-0.3, -0.25) is 10.1 Å². The number of amides is 1. The molecule has 2 aromatic carbocycles. The van der Waals surface area contributed by atoms with Crippen molar-refractivity contribution in [1.82, 2.24) is 13.9 Å². The van der Waals surface area contributed by atoms with Crippen LogP contribution in [0.5, 0.6) is 0 Å². The van der Waals surface area contributed by atoms with E-state index in [0.717, 1.165) is 24.0 Å². The molecular weight excluding hydrogens is 428 g/mol. The molecule has 0 radical (unpaired) electrons. The minimum atomic E-state index is -3.66. The van der Waals surface area contributed by atoms with Crippen LogP contribution in [0.4, 0.5) is 5.95 Å². The van der Waals surface area contributed by atoms with Crippen molar-refractivity contribution >= 4 is 32.9 Å². The number of rotatable bonds is 6. The summed E-state index contributed by atoms with van der Waals surface area (Å²) >= 11 is 0. The molecule has 32 heavy (non-hydrogen) atoms. The van der Waals surface area contributed by atoms with Crippen molar-refractivity contribution in [2.75, 3.05) is 18.4 Å². The Morgan fingerprint density at radius 2 is 1.75 bits per heavy atom. The van der Waals surface area contributed by atoms with Gasteiger partial charge in [0.05, 0.1) is 28.1 Å². The van der Waals surface area contributed by atoms with Crippen molar-refractivity contribution < 1.29 is 17.9 Å². The van der Waals surface area contributed by atoms with Crippen molar-refractivity contribution in [3.63, 3.8) is 0 Å². The maximum absolute atomic E-state index is 13.0. The predicted octanol–water partition coefficient (Wildman–Crippen LogP) is 3.50. The van der Waals surface area contributed by atoms with Crippen LogP contribution in [0.25, 0.3) is 11.0 Å². The summed E-state index contributed by atoms with van der Waals surface area (Å²) in [5, 5.41) is 2.87. The van der Waals surface area contributed by atoms with Crippen LogP contribution in [0.2, 0.25) is 0 Å². The Kier molecular flexibility index (Phi) is 6.32. The molecule has 0 spiro atoms. The molecule has 3 aromatic rings. The number of carbonyl (C=O) groups is 1. The highest BCUT2D eigenvalue weighted by Gasteiger charge is 2.32. The minimum Gasteiger partial charge on any atom is -0.373 e. The molecule has 1 N–H and O–H groups in total. The normalized spacial score (nSPS) is 19.8. The van der Waals surface area contributed by atoms with E-state index < -0.39 is 10.0 Å². The van der Waals surface area contributed by atoms with Crippen molar-refractivity contribution in [3.05, 3.63) is 54.1 Å². The van der Waals surface area contributed by atoms with Gasteiger partial charge >= 0.3 is 0 Å². The van der Waals surface area contributed by atoms with Crippen molar-refractivity contribution in [3.8, 4) is 0 Å². The smallest absolute Gasteiger partial charge is 0.257 e. The van der Waals surface area contributed by atoms with Gasteiger partial charge in [-0.1, -0.05) is 19.1 Å². The number of hydrogen-bond donors (Lipinski definition) is 1. The average molecular weight is 457 g/mol. The molecule has 0 aliphatic carbocycles. The Morgan fingerprint density at radius 3 is 2.41 bits per heavy atom. The van der Waals surface area contributed by atoms with Crippen LogP contribution < -0.4 is 5.32 Å². The second-order valence-corrected chi connectivity index (χ2v) is 10.1. The lowest BCUT2D eigenvalue weighted by Gasteiger charge is -2.34. The van der Waals surface area contributed by atoms with E-state index in [1.165, 1.54) is 28.6 Å². The highest BCUT2D eigenvalue weighted by molar-refractivity contribution is 7.89. The van der Waals surface area contributed by atoms with Gasteiger partial charge < -0.3 is 9.30 Å². The molecule has 1 aliphatic heterocycles. The number of aryl methyl sites for hydroxylation is 1. The van der Waals surface area contributed by atoms with E-state index in [4.69, 9.17) is 4.74 Å². The summed E-state index contributed by atoms with van der Waals surface area (Å²) in [6, 6.07) is 13.7. The fourth-order valence-electron chi connectivity index (χ4n) is 4.05. The van der Waals surface area contributed by atoms with Gasteiger partial charge in [0.25, 0.3) is 5.91 Å². The van der Waals surface area contributed by atoms with Gasteiger partial charge in [0.2, 0.25) is 16.0 Å². The summed E-state index contributed by atoms with van der Waals surface area (Å²) < 4.78 is 35.1. The van der Waals surface area contributed by atoms with Gasteiger partial charge in [-0.25, -0.2) is 13.4 Å². The van der Waals surface area contributed by atoms with E-state index in [-0.39, 0.29) is 23.0 Å². The molecule has 2 atom stereocenters. The number of benzene rings is 2. The molecule has 0 unspecified atom stereocenters. The summed E-state index contributed by atoms with van der Waals surface area (Å²) in [6.45, 7) is 7.12. The molecule has 1 fully saturated rings. The first-order chi connectivity index (χ1) is 15.3. The topological polar surface area (TPSA) is 93.5 Å². The maximum Gasteiger partial charge on any atom is 0.257 e. The largest absolute Gasteiger partial charge is 0.373 e. The molecule has 0 saturated carbocycles. The lowest BCUT2D eigenvalue weighted by atomic mass is 10.2. The number of para-hydroxylation sites is 2. The SMILES string of the molecule is CCCn1c(NC(=O)c2ccc(S(=O)(=O)N3C[C@@H](C)O[C@H](C)C3)cc2)nc2ccccc21. The number of anilines is 1. The van der Waals surface area contributed by atoms with Gasteiger partial charge in [0.15, 0.2) is 0 Å². The Labute approximate surface area is 188 Å². The van der Waals surface area contributed by atoms with Crippen LogP contribution in [0.15, 0.2) is 53.4 Å². The van der Waals surface area contributed by atoms with E-state index in [2.05, 4.69) is 17.2 Å². The van der Waals surface area contributed by atoms with Crippen molar-refractivity contribution in [2.45, 2.75) is 50.8 Å². The van der Waals surface area contributed by atoms with E-state index in [1.54, 1.807) is 0 Å². The first-order valence-electron chi connectivity index (χ1n) is 10.8. The van der Waals surface area contributed by atoms with Gasteiger partial charge in [-0.05, 0) is 56.7 Å². The number of fused-ring (bicyclic) bond motifs is 1. The first kappa shape index (κ1) is 22.4. The third-order valence-corrected chi connectivity index (χ3v) is 7.31. The number of nitrogens with one attached hydrogen (secondary N) is 1. The Bertz CT molecular complexity index is 1210. The second-order valence-electron chi connectivity index (χ2n) is 8.13. The monoisotopic (exact) mass is 456 g/mol. The zero-order chi connectivity index (χ0) is 22.9. The zero-order valence-electron chi connectivity index (χ0n) is 18.5. The lowest BCUT2D eigenvalue weighted by Crippen LogP contribution is -2.48. The molecule has 170 valence electrons. The van der Waals surface area contributed by atoms with Crippen LogP contribution in [0.3, 0.4) is 0 Å². The molecule has 1 aliphatic rings. The summed E-state index contributed by atoms with van der Waals surface area (Å²) in [4.78, 5) is 17.6. The molecule has 4 rings (SSSR count). The van der Waals surface area contributed by atoms with E-state index in [9.17, 15) is 13.2 Å². The van der Waals surface area contributed by atoms with Gasteiger partial charge in [-0.2, -0.15) is 4.31 Å². The lowest BCUT2D eigenvalue weighted by molar-refractivity contribution is -0.0440. The Morgan fingerprint density at radius 1 is 1.09 bits per heavy atom. The molecule has 1 amide bonds. The molecule has 8 nitrogen and oxygen atoms in total. The van der Waals surface area contributed by atoms with Crippen molar-refractivity contribution in [2.24, 2.45) is 0 Å². The fraction of sp³-hybridized carbons (Fsp3) is 0.391. The number of ether oxygens (including phenoxy) is 1. The third-order valence-electron chi connectivity index (χ3n) is 5.47. The number of aromatic nitrogens is 2. The standard InChI is InChI=1S/C23H28N4O4S/c1-4-13-27-21-8-6-5-7-20(21)24-23(27)25-22(28)18-9-11-19(12-10-18)32(29,30)26-14-16(2)31-17(3)15-26/h5-12,16-17H,4,13-15H2,1-3H3,(H,24,25,28)/t16-,17-/m1/s1. The first-order valence-corrected chi connectivity index (χ1v) is 12.3. The number of hydrogen-bond acceptors (Lipinski definition) is 5. The number of nitrogens with zero attached hydrogens (tertiary/aromatic N) is 3. The van der Waals surface area contributed by atoms with Crippen LogP contribution >= 0.6 is 0 Å². The Hall–Kier alpha value is -2.75. The van der Waals surface area contributed by atoms with Gasteiger partial charge in [0, 0.05) is 25.2 Å². The third kappa shape index (κ3) is 4.41. The van der Waals surface area contributed by atoms with Crippen LogP contribution in [-0.4, -0.2) is 53.5 Å². The zero-order valence-corrected chi connectivity index (χ0v) is 19.3. The summed E-state index contributed by atoms with van der Waals surface area (Å²) in [5.41, 5.74) is 2.13. The van der Waals surface area contributed by atoms with Crippen LogP contribution in [0, 0.1) is 0 Å². The summed E-state index contributed by atoms with van der Waals surface area (Å²) in [7, 11) is -3.66. The molecule has 2 heterocycles. The number of morpholine rings is 1. The number of carbonyl (C=O) groups excluding carboxylic acids is 1. The average Bonchev–Trinajstić information content (AvgIpc) is 3.10. The molecule has 9 heteroatoms. The highest BCUT2D eigenvalue weighted by Crippen LogP contribution is 2.23. The minimum absolute atomic E-state index is 0.161. The fourth-order valence-corrected chi connectivity index (χ4v) is 5.64. The van der Waals surface area contributed by atoms with E-state index in [1.807, 2.05) is 42.7 Å². The maximum atomic E-state index is 13.0. The molecule has 1 aromatic heterocycles. The second kappa shape index (κ2) is 9.01. The van der Waals surface area contributed by atoms with Gasteiger partial charge in [0.1, 0.15) is 0 Å².